The Morgan fingerprint density at radius 3 is 2.78 bits per heavy atom. The number of rotatable bonds is 8. The summed E-state index contributed by atoms with van der Waals surface area (Å²) in [5.41, 5.74) is 7.25. The Balaban J connectivity index is 2.77. The number of carbonyl (C=O) groups is 1. The van der Waals surface area contributed by atoms with E-state index in [1.165, 1.54) is 0 Å². The van der Waals surface area contributed by atoms with Crippen LogP contribution in [0.3, 0.4) is 0 Å². The standard InChI is InChI=1S/C13H20N2O3/c1-17-7-6-15-12(13(14)16)11-5-3-4-10(8-11)9-18-2/h3-5,8,12,15H,6-7,9H2,1-2H3,(H2,14,16). The molecule has 0 heterocycles. The number of nitrogens with one attached hydrogen (secondary N) is 1. The van der Waals surface area contributed by atoms with Crippen LogP contribution in [0.2, 0.25) is 0 Å². The van der Waals surface area contributed by atoms with Crippen molar-refractivity contribution in [3.63, 3.8) is 0 Å². The van der Waals surface area contributed by atoms with Crippen LogP contribution in [0, 0.1) is 0 Å². The van der Waals surface area contributed by atoms with Crippen LogP contribution in [0.5, 0.6) is 0 Å². The number of nitrogens with two attached hydrogens (primary N) is 1. The van der Waals surface area contributed by atoms with E-state index in [0.29, 0.717) is 19.8 Å². The maximum absolute atomic E-state index is 11.5. The number of ether oxygens (including phenoxy) is 2. The third-order valence-corrected chi connectivity index (χ3v) is 2.53. The Hall–Kier alpha value is -1.43. The fourth-order valence-electron chi connectivity index (χ4n) is 1.72. The number of methoxy groups -OCH3 is 2. The van der Waals surface area contributed by atoms with E-state index in [-0.39, 0.29) is 0 Å². The van der Waals surface area contributed by atoms with E-state index < -0.39 is 11.9 Å². The topological polar surface area (TPSA) is 73.6 Å². The first kappa shape index (κ1) is 14.6. The number of hydrogen-bond donors (Lipinski definition) is 2. The smallest absolute Gasteiger partial charge is 0.239 e. The minimum absolute atomic E-state index is 0.402. The Bertz CT molecular complexity index is 382. The van der Waals surface area contributed by atoms with Crippen LogP contribution in [-0.2, 0) is 20.9 Å². The summed E-state index contributed by atoms with van der Waals surface area (Å²) in [6.45, 7) is 1.61. The highest BCUT2D eigenvalue weighted by atomic mass is 16.5. The van der Waals surface area contributed by atoms with Crippen molar-refractivity contribution in [3.05, 3.63) is 35.4 Å². The first-order chi connectivity index (χ1) is 8.69. The van der Waals surface area contributed by atoms with Crippen LogP contribution < -0.4 is 11.1 Å². The predicted octanol–water partition coefficient (Wildman–Crippen LogP) is 0.595. The summed E-state index contributed by atoms with van der Waals surface area (Å²) >= 11 is 0. The molecule has 1 unspecified atom stereocenters. The largest absolute Gasteiger partial charge is 0.383 e. The normalized spacial score (nSPS) is 12.3. The summed E-state index contributed by atoms with van der Waals surface area (Å²) in [7, 11) is 3.25. The summed E-state index contributed by atoms with van der Waals surface area (Å²) in [4.78, 5) is 11.5. The second-order valence-electron chi connectivity index (χ2n) is 3.96. The lowest BCUT2D eigenvalue weighted by Crippen LogP contribution is -2.35. The molecule has 0 aliphatic heterocycles. The third-order valence-electron chi connectivity index (χ3n) is 2.53. The minimum atomic E-state index is -0.503. The lowest BCUT2D eigenvalue weighted by Gasteiger charge is -2.16. The molecule has 0 fully saturated rings. The van der Waals surface area contributed by atoms with Crippen LogP contribution in [-0.4, -0.2) is 33.3 Å². The van der Waals surface area contributed by atoms with E-state index in [1.807, 2.05) is 24.3 Å². The van der Waals surface area contributed by atoms with Crippen molar-refractivity contribution < 1.29 is 14.3 Å². The second-order valence-corrected chi connectivity index (χ2v) is 3.96. The number of carbonyl (C=O) groups excluding carboxylic acids is 1. The molecule has 0 aliphatic rings. The van der Waals surface area contributed by atoms with Crippen molar-refractivity contribution in [2.75, 3.05) is 27.4 Å². The summed E-state index contributed by atoms with van der Waals surface area (Å²) in [6.07, 6.45) is 0. The van der Waals surface area contributed by atoms with Crippen LogP contribution in [0.1, 0.15) is 17.2 Å². The van der Waals surface area contributed by atoms with E-state index in [0.717, 1.165) is 11.1 Å². The molecule has 1 aromatic rings. The molecule has 0 saturated heterocycles. The second kappa shape index (κ2) is 7.81. The summed E-state index contributed by atoms with van der Waals surface area (Å²) in [6, 6.07) is 7.11. The van der Waals surface area contributed by atoms with Gasteiger partial charge >= 0.3 is 0 Å². The van der Waals surface area contributed by atoms with Gasteiger partial charge in [0.1, 0.15) is 6.04 Å². The molecule has 100 valence electrons. The lowest BCUT2D eigenvalue weighted by atomic mass is 10.0. The molecule has 1 rings (SSSR count). The average molecular weight is 252 g/mol. The maximum Gasteiger partial charge on any atom is 0.239 e. The molecule has 1 amide bonds. The number of amides is 1. The van der Waals surface area contributed by atoms with E-state index in [4.69, 9.17) is 15.2 Å². The van der Waals surface area contributed by atoms with Gasteiger partial charge in [0.25, 0.3) is 0 Å². The number of hydrogen-bond acceptors (Lipinski definition) is 4. The molecule has 5 heteroatoms. The molecular weight excluding hydrogens is 232 g/mol. The molecule has 3 N–H and O–H groups in total. The molecule has 5 nitrogen and oxygen atoms in total. The first-order valence-electron chi connectivity index (χ1n) is 5.78. The molecule has 0 spiro atoms. The maximum atomic E-state index is 11.5. The quantitative estimate of drug-likeness (QED) is 0.664. The fraction of sp³-hybridized carbons (Fsp3) is 0.462. The van der Waals surface area contributed by atoms with Crippen molar-refractivity contribution in [3.8, 4) is 0 Å². The van der Waals surface area contributed by atoms with E-state index in [9.17, 15) is 4.79 Å². The Morgan fingerprint density at radius 2 is 2.17 bits per heavy atom. The van der Waals surface area contributed by atoms with Gasteiger partial charge in [-0.25, -0.2) is 0 Å². The highest BCUT2D eigenvalue weighted by Crippen LogP contribution is 2.15. The highest BCUT2D eigenvalue weighted by molar-refractivity contribution is 5.81. The molecule has 0 radical (unpaired) electrons. The van der Waals surface area contributed by atoms with Crippen LogP contribution in [0.15, 0.2) is 24.3 Å². The zero-order valence-corrected chi connectivity index (χ0v) is 10.8. The van der Waals surface area contributed by atoms with Crippen molar-refractivity contribution in [2.45, 2.75) is 12.6 Å². The Morgan fingerprint density at radius 1 is 1.39 bits per heavy atom. The van der Waals surface area contributed by atoms with Crippen LogP contribution in [0.25, 0.3) is 0 Å². The summed E-state index contributed by atoms with van der Waals surface area (Å²) in [5.74, 6) is -0.402. The van der Waals surface area contributed by atoms with Crippen LogP contribution >= 0.6 is 0 Å². The van der Waals surface area contributed by atoms with Gasteiger partial charge in [-0.15, -0.1) is 0 Å². The predicted molar refractivity (Wildman–Crippen MR) is 69.0 cm³/mol. The Labute approximate surface area is 107 Å². The van der Waals surface area contributed by atoms with Crippen molar-refractivity contribution >= 4 is 5.91 Å². The molecule has 0 bridgehead atoms. The van der Waals surface area contributed by atoms with E-state index in [2.05, 4.69) is 5.32 Å². The van der Waals surface area contributed by atoms with Crippen molar-refractivity contribution in [1.29, 1.82) is 0 Å². The van der Waals surface area contributed by atoms with Gasteiger partial charge in [-0.05, 0) is 11.1 Å². The average Bonchev–Trinajstić information content (AvgIpc) is 2.35. The van der Waals surface area contributed by atoms with Gasteiger partial charge in [0.15, 0.2) is 0 Å². The summed E-state index contributed by atoms with van der Waals surface area (Å²) < 4.78 is 10.0. The molecule has 0 aliphatic carbocycles. The molecule has 0 saturated carbocycles. The zero-order valence-electron chi connectivity index (χ0n) is 10.8. The van der Waals surface area contributed by atoms with Gasteiger partial charge in [-0.2, -0.15) is 0 Å². The zero-order chi connectivity index (χ0) is 13.4. The lowest BCUT2D eigenvalue weighted by molar-refractivity contribution is -0.120. The molecule has 1 aromatic carbocycles. The monoisotopic (exact) mass is 252 g/mol. The fourth-order valence-corrected chi connectivity index (χ4v) is 1.72. The van der Waals surface area contributed by atoms with E-state index in [1.54, 1.807) is 14.2 Å². The molecular formula is C13H20N2O3. The van der Waals surface area contributed by atoms with Gasteiger partial charge in [0.05, 0.1) is 13.2 Å². The van der Waals surface area contributed by atoms with Crippen LogP contribution in [0.4, 0.5) is 0 Å². The molecule has 0 aromatic heterocycles. The van der Waals surface area contributed by atoms with Gasteiger partial charge in [0, 0.05) is 20.8 Å². The molecule has 1 atom stereocenters. The SMILES string of the molecule is COCCNC(C(N)=O)c1cccc(COC)c1. The van der Waals surface area contributed by atoms with Gasteiger partial charge in [-0.1, -0.05) is 24.3 Å². The van der Waals surface area contributed by atoms with Gasteiger partial charge in [0.2, 0.25) is 5.91 Å². The van der Waals surface area contributed by atoms with Crippen molar-refractivity contribution in [2.24, 2.45) is 5.73 Å². The first-order valence-corrected chi connectivity index (χ1v) is 5.78. The minimum Gasteiger partial charge on any atom is -0.383 e. The third kappa shape index (κ3) is 4.44. The Kier molecular flexibility index (Phi) is 6.35. The summed E-state index contributed by atoms with van der Waals surface area (Å²) in [5, 5.41) is 3.07. The van der Waals surface area contributed by atoms with E-state index >= 15 is 0 Å². The number of benzene rings is 1. The highest BCUT2D eigenvalue weighted by Gasteiger charge is 2.16. The van der Waals surface area contributed by atoms with Gasteiger partial charge in [-0.3, -0.25) is 10.1 Å². The van der Waals surface area contributed by atoms with Gasteiger partial charge < -0.3 is 15.2 Å². The number of primary amides is 1. The molecule has 18 heavy (non-hydrogen) atoms. The van der Waals surface area contributed by atoms with Crippen molar-refractivity contribution in [1.82, 2.24) is 5.32 Å².